The summed E-state index contributed by atoms with van der Waals surface area (Å²) in [5, 5.41) is 3.04. The molecule has 1 saturated carbocycles. The Labute approximate surface area is 157 Å². The Morgan fingerprint density at radius 2 is 1.81 bits per heavy atom. The number of rotatable bonds is 9. The van der Waals surface area contributed by atoms with Crippen LogP contribution in [0, 0.1) is 0 Å². The van der Waals surface area contributed by atoms with Gasteiger partial charge in [-0.1, -0.05) is 31.4 Å². The molecular weight excluding hydrogens is 352 g/mol. The molecule has 0 spiro atoms. The molecule has 1 aromatic rings. The van der Waals surface area contributed by atoms with Gasteiger partial charge in [0.1, 0.15) is 5.75 Å². The molecule has 0 saturated heterocycles. The topological polar surface area (TPSA) is 75.7 Å². The van der Waals surface area contributed by atoms with Gasteiger partial charge in [-0.05, 0) is 37.0 Å². The van der Waals surface area contributed by atoms with Gasteiger partial charge in [-0.25, -0.2) is 12.7 Å². The average molecular weight is 383 g/mol. The molecule has 1 fully saturated rings. The Morgan fingerprint density at radius 1 is 1.15 bits per heavy atom. The highest BCUT2D eigenvalue weighted by Gasteiger charge is 2.20. The number of methoxy groups -OCH3 is 1. The number of benzene rings is 1. The summed E-state index contributed by atoms with van der Waals surface area (Å²) < 4.78 is 30.6. The minimum Gasteiger partial charge on any atom is -0.497 e. The number of hydrogen-bond donors (Lipinski definition) is 1. The van der Waals surface area contributed by atoms with Gasteiger partial charge >= 0.3 is 0 Å². The van der Waals surface area contributed by atoms with Crippen LogP contribution in [0.3, 0.4) is 0 Å². The normalized spacial score (nSPS) is 15.8. The van der Waals surface area contributed by atoms with Gasteiger partial charge in [-0.15, -0.1) is 0 Å². The van der Waals surface area contributed by atoms with E-state index in [4.69, 9.17) is 4.74 Å². The van der Waals surface area contributed by atoms with Crippen LogP contribution in [-0.2, 0) is 21.2 Å². The summed E-state index contributed by atoms with van der Waals surface area (Å²) >= 11 is 0. The van der Waals surface area contributed by atoms with Crippen molar-refractivity contribution in [3.05, 3.63) is 29.8 Å². The summed E-state index contributed by atoms with van der Waals surface area (Å²) in [5.74, 6) is 0.711. The second-order valence-electron chi connectivity index (χ2n) is 6.91. The molecule has 0 radical (unpaired) electrons. The molecule has 0 aromatic heterocycles. The molecule has 1 N–H and O–H groups in total. The van der Waals surface area contributed by atoms with Crippen molar-refractivity contribution < 1.29 is 17.9 Å². The Hall–Kier alpha value is -1.60. The van der Waals surface area contributed by atoms with Crippen molar-refractivity contribution in [3.63, 3.8) is 0 Å². The van der Waals surface area contributed by atoms with Gasteiger partial charge in [0.15, 0.2) is 0 Å². The number of carbonyl (C=O) groups is 1. The molecule has 6 nitrogen and oxygen atoms in total. The van der Waals surface area contributed by atoms with Gasteiger partial charge in [-0.2, -0.15) is 0 Å². The van der Waals surface area contributed by atoms with Crippen molar-refractivity contribution in [2.45, 2.75) is 51.0 Å². The highest BCUT2D eigenvalue weighted by molar-refractivity contribution is 7.88. The molecule has 0 heterocycles. The maximum absolute atomic E-state index is 12.1. The molecule has 0 atom stereocenters. The standard InChI is InChI=1S/C19H30N2O4S/c1-25-18-10-8-16(9-11-18)12-14-21(26(2,23)24)15-13-19(22)20-17-6-4-3-5-7-17/h8-11,17H,3-7,12-15H2,1-2H3,(H,20,22). The van der Waals surface area contributed by atoms with Crippen LogP contribution >= 0.6 is 0 Å². The van der Waals surface area contributed by atoms with Gasteiger partial charge in [0.2, 0.25) is 15.9 Å². The molecule has 1 aliphatic rings. The quantitative estimate of drug-likeness (QED) is 0.711. The number of nitrogens with one attached hydrogen (secondary N) is 1. The van der Waals surface area contributed by atoms with E-state index in [-0.39, 0.29) is 24.9 Å². The number of sulfonamides is 1. The van der Waals surface area contributed by atoms with E-state index >= 15 is 0 Å². The predicted molar refractivity (Wildman–Crippen MR) is 103 cm³/mol. The van der Waals surface area contributed by atoms with Crippen LogP contribution in [0.5, 0.6) is 5.75 Å². The minimum atomic E-state index is -3.35. The lowest BCUT2D eigenvalue weighted by Crippen LogP contribution is -2.39. The van der Waals surface area contributed by atoms with E-state index in [0.717, 1.165) is 37.0 Å². The van der Waals surface area contributed by atoms with Crippen LogP contribution in [0.4, 0.5) is 0 Å². The van der Waals surface area contributed by atoms with Gasteiger partial charge < -0.3 is 10.1 Å². The lowest BCUT2D eigenvalue weighted by molar-refractivity contribution is -0.122. The van der Waals surface area contributed by atoms with Crippen LogP contribution in [0.25, 0.3) is 0 Å². The predicted octanol–water partition coefficient (Wildman–Crippen LogP) is 2.34. The maximum atomic E-state index is 12.1. The fourth-order valence-corrected chi connectivity index (χ4v) is 4.11. The van der Waals surface area contributed by atoms with Crippen LogP contribution in [-0.4, -0.2) is 51.1 Å². The third-order valence-electron chi connectivity index (χ3n) is 4.84. The van der Waals surface area contributed by atoms with Crippen molar-refractivity contribution in [2.24, 2.45) is 0 Å². The van der Waals surface area contributed by atoms with E-state index in [2.05, 4.69) is 5.32 Å². The molecule has 0 unspecified atom stereocenters. The third kappa shape index (κ3) is 6.96. The van der Waals surface area contributed by atoms with Crippen molar-refractivity contribution >= 4 is 15.9 Å². The summed E-state index contributed by atoms with van der Waals surface area (Å²) in [5.41, 5.74) is 1.03. The van der Waals surface area contributed by atoms with Gasteiger partial charge in [0, 0.05) is 25.6 Å². The molecule has 1 aliphatic carbocycles. The Bertz CT molecular complexity index is 667. The van der Waals surface area contributed by atoms with Crippen LogP contribution in [0.1, 0.15) is 44.1 Å². The Kier molecular flexibility index (Phi) is 7.90. The number of carbonyl (C=O) groups excluding carboxylic acids is 1. The zero-order chi connectivity index (χ0) is 19.0. The Balaban J connectivity index is 1.83. The smallest absolute Gasteiger partial charge is 0.221 e. The fraction of sp³-hybridized carbons (Fsp3) is 0.632. The number of ether oxygens (including phenoxy) is 1. The maximum Gasteiger partial charge on any atom is 0.221 e. The summed E-state index contributed by atoms with van der Waals surface area (Å²) in [6.45, 7) is 0.579. The SMILES string of the molecule is COc1ccc(CCN(CCC(=O)NC2CCCCC2)S(C)(=O)=O)cc1. The van der Waals surface area contributed by atoms with E-state index in [0.29, 0.717) is 13.0 Å². The van der Waals surface area contributed by atoms with Crippen LogP contribution in [0.15, 0.2) is 24.3 Å². The zero-order valence-corrected chi connectivity index (χ0v) is 16.6. The number of nitrogens with zero attached hydrogens (tertiary/aromatic N) is 1. The minimum absolute atomic E-state index is 0.0602. The largest absolute Gasteiger partial charge is 0.497 e. The van der Waals surface area contributed by atoms with Crippen LogP contribution in [0.2, 0.25) is 0 Å². The molecular formula is C19H30N2O4S. The zero-order valence-electron chi connectivity index (χ0n) is 15.7. The van der Waals surface area contributed by atoms with E-state index in [1.165, 1.54) is 17.0 Å². The lowest BCUT2D eigenvalue weighted by Gasteiger charge is -2.24. The first kappa shape index (κ1) is 20.7. The molecule has 7 heteroatoms. The Morgan fingerprint density at radius 3 is 2.38 bits per heavy atom. The van der Waals surface area contributed by atoms with Gasteiger partial charge in [0.25, 0.3) is 0 Å². The monoisotopic (exact) mass is 382 g/mol. The van der Waals surface area contributed by atoms with E-state index in [9.17, 15) is 13.2 Å². The second kappa shape index (κ2) is 9.92. The van der Waals surface area contributed by atoms with Gasteiger partial charge in [0.05, 0.1) is 13.4 Å². The number of hydrogen-bond acceptors (Lipinski definition) is 4. The summed E-state index contributed by atoms with van der Waals surface area (Å²) in [6.07, 6.45) is 7.59. The third-order valence-corrected chi connectivity index (χ3v) is 6.14. The number of amides is 1. The highest BCUT2D eigenvalue weighted by atomic mass is 32.2. The first-order valence-corrected chi connectivity index (χ1v) is 11.1. The van der Waals surface area contributed by atoms with E-state index < -0.39 is 10.0 Å². The van der Waals surface area contributed by atoms with Crippen molar-refractivity contribution in [2.75, 3.05) is 26.5 Å². The van der Waals surface area contributed by atoms with E-state index in [1.54, 1.807) is 7.11 Å². The summed E-state index contributed by atoms with van der Waals surface area (Å²) in [6, 6.07) is 7.82. The fourth-order valence-electron chi connectivity index (χ4n) is 3.26. The lowest BCUT2D eigenvalue weighted by atomic mass is 9.95. The second-order valence-corrected chi connectivity index (χ2v) is 8.89. The molecule has 146 valence electrons. The average Bonchev–Trinajstić information content (AvgIpc) is 2.62. The van der Waals surface area contributed by atoms with Crippen LogP contribution < -0.4 is 10.1 Å². The van der Waals surface area contributed by atoms with Crippen molar-refractivity contribution in [1.82, 2.24) is 9.62 Å². The van der Waals surface area contributed by atoms with Crippen molar-refractivity contribution in [1.29, 1.82) is 0 Å². The first-order valence-electron chi connectivity index (χ1n) is 9.26. The molecule has 26 heavy (non-hydrogen) atoms. The van der Waals surface area contributed by atoms with Crippen molar-refractivity contribution in [3.8, 4) is 5.75 Å². The first-order chi connectivity index (χ1) is 12.4. The highest BCUT2D eigenvalue weighted by Crippen LogP contribution is 2.17. The molecule has 0 aliphatic heterocycles. The molecule has 2 rings (SSSR count). The summed E-state index contributed by atoms with van der Waals surface area (Å²) in [4.78, 5) is 12.1. The summed E-state index contributed by atoms with van der Waals surface area (Å²) in [7, 11) is -1.74. The molecule has 0 bridgehead atoms. The molecule has 1 amide bonds. The van der Waals surface area contributed by atoms with E-state index in [1.807, 2.05) is 24.3 Å². The van der Waals surface area contributed by atoms with Gasteiger partial charge in [-0.3, -0.25) is 4.79 Å². The molecule has 1 aromatic carbocycles.